The Bertz CT molecular complexity index is 1470. The number of pyridine rings is 1. The molecule has 0 aromatic carbocycles. The number of nitrogens with one attached hydrogen (secondary N) is 2. The molecule has 0 bridgehead atoms. The first-order chi connectivity index (χ1) is 18.0. The molecular weight excluding hydrogens is 527 g/mol. The van der Waals surface area contributed by atoms with Gasteiger partial charge in [0.2, 0.25) is 5.88 Å². The van der Waals surface area contributed by atoms with Crippen molar-refractivity contribution in [2.45, 2.75) is 68.0 Å². The molecule has 2 unspecified atom stereocenters. The first-order valence-corrected chi connectivity index (χ1v) is 14.0. The summed E-state index contributed by atoms with van der Waals surface area (Å²) >= 11 is 0. The van der Waals surface area contributed by atoms with Gasteiger partial charge in [0.15, 0.2) is 9.92 Å². The zero-order valence-corrected chi connectivity index (χ0v) is 21.1. The molecule has 4 N–H and O–H groups in total. The van der Waals surface area contributed by atoms with E-state index in [1.807, 2.05) is 5.32 Å². The summed E-state index contributed by atoms with van der Waals surface area (Å²) in [5, 5.41) is 14.7. The molecule has 1 spiro atoms. The highest BCUT2D eigenvalue weighted by atomic mass is 32.2. The molecule has 2 aromatic rings. The van der Waals surface area contributed by atoms with Crippen LogP contribution in [0.15, 0.2) is 15.5 Å². The Hall–Kier alpha value is -3.20. The van der Waals surface area contributed by atoms with Crippen LogP contribution in [-0.2, 0) is 45.9 Å². The molecule has 38 heavy (non-hydrogen) atoms. The molecule has 204 valence electrons. The molecule has 1 fully saturated rings. The maximum Gasteiger partial charge on any atom is 0.471 e. The van der Waals surface area contributed by atoms with Gasteiger partial charge in [-0.1, -0.05) is 0 Å². The topological polar surface area (TPSA) is 154 Å². The second kappa shape index (κ2) is 8.66. The van der Waals surface area contributed by atoms with E-state index in [1.54, 1.807) is 0 Å². The smallest absolute Gasteiger partial charge is 0.471 e. The minimum atomic E-state index is -4.98. The van der Waals surface area contributed by atoms with E-state index in [0.717, 1.165) is 67.5 Å². The fraction of sp³-hybridized carbons (Fsp3) is 0.565. The molecule has 3 amide bonds. The number of fused-ring (bicyclic) bond motifs is 4. The van der Waals surface area contributed by atoms with Gasteiger partial charge in [-0.15, -0.1) is 4.36 Å². The lowest BCUT2D eigenvalue weighted by molar-refractivity contribution is -0.173. The molecule has 4 aliphatic rings. The maximum atomic E-state index is 13.3. The lowest BCUT2D eigenvalue weighted by Crippen LogP contribution is -2.42. The summed E-state index contributed by atoms with van der Waals surface area (Å²) in [5.41, 5.74) is 4.95. The van der Waals surface area contributed by atoms with E-state index < -0.39 is 33.9 Å². The Labute approximate surface area is 216 Å². The second-order valence-electron chi connectivity index (χ2n) is 10.3. The van der Waals surface area contributed by atoms with Gasteiger partial charge < -0.3 is 15.4 Å². The van der Waals surface area contributed by atoms with Gasteiger partial charge in [-0.2, -0.15) is 18.3 Å². The van der Waals surface area contributed by atoms with E-state index in [2.05, 4.69) is 14.8 Å². The number of hydrogen-bond acceptors (Lipinski definition) is 6. The minimum absolute atomic E-state index is 0.0221. The van der Waals surface area contributed by atoms with Gasteiger partial charge in [-0.25, -0.2) is 18.8 Å². The Morgan fingerprint density at radius 2 is 2.03 bits per heavy atom. The Morgan fingerprint density at radius 1 is 1.24 bits per heavy atom. The number of anilines is 1. The fourth-order valence-electron chi connectivity index (χ4n) is 5.67. The monoisotopic (exact) mass is 553 g/mol. The molecule has 2 atom stereocenters. The number of urea groups is 1. The number of aromatic nitrogens is 3. The number of amides is 3. The van der Waals surface area contributed by atoms with Gasteiger partial charge in [0.25, 0.3) is 0 Å². The van der Waals surface area contributed by atoms with Crippen LogP contribution in [0.2, 0.25) is 0 Å². The summed E-state index contributed by atoms with van der Waals surface area (Å²) in [6, 6.07) is -0.847. The number of halogens is 3. The first kappa shape index (κ1) is 25.1. The van der Waals surface area contributed by atoms with Crippen molar-refractivity contribution in [3.05, 3.63) is 28.7 Å². The van der Waals surface area contributed by atoms with Crippen molar-refractivity contribution >= 4 is 27.5 Å². The molecule has 1 saturated carbocycles. The Kier molecular flexibility index (Phi) is 5.72. The highest BCUT2D eigenvalue weighted by molar-refractivity contribution is 7.91. The number of carbonyl (C=O) groups excluding carboxylic acids is 2. The maximum absolute atomic E-state index is 13.3. The molecule has 2 aromatic heterocycles. The van der Waals surface area contributed by atoms with Gasteiger partial charge in [-0.3, -0.25) is 9.78 Å². The number of alkyl halides is 3. The van der Waals surface area contributed by atoms with Gasteiger partial charge in [0.1, 0.15) is 4.90 Å². The SMILES string of the molecule is NS(=O)(=NC(=O)Nc1c2c(nc3c1CCC31CC1)CCC2)c1cnn2c1OCC(CNC(=O)C(F)(F)F)C2. The van der Waals surface area contributed by atoms with E-state index in [9.17, 15) is 27.0 Å². The molecule has 0 saturated heterocycles. The van der Waals surface area contributed by atoms with Crippen LogP contribution >= 0.6 is 0 Å². The van der Waals surface area contributed by atoms with Gasteiger partial charge >= 0.3 is 18.1 Å². The molecular formula is C23H26F3N7O4S. The molecule has 3 heterocycles. The molecule has 3 aliphatic carbocycles. The van der Waals surface area contributed by atoms with Crippen molar-refractivity contribution in [3.8, 4) is 5.88 Å². The average molecular weight is 554 g/mol. The Balaban J connectivity index is 1.20. The number of hydrogen-bond donors (Lipinski definition) is 3. The third-order valence-corrected chi connectivity index (χ3v) is 9.10. The number of carbonyl (C=O) groups is 2. The van der Waals surface area contributed by atoms with E-state index in [-0.39, 0.29) is 35.9 Å². The van der Waals surface area contributed by atoms with E-state index in [4.69, 9.17) is 14.9 Å². The van der Waals surface area contributed by atoms with Crippen molar-refractivity contribution < 1.29 is 31.7 Å². The summed E-state index contributed by atoms with van der Waals surface area (Å²) in [4.78, 5) is 28.9. The molecule has 1 aliphatic heterocycles. The second-order valence-corrected chi connectivity index (χ2v) is 12.1. The quantitative estimate of drug-likeness (QED) is 0.528. The lowest BCUT2D eigenvalue weighted by Gasteiger charge is -2.25. The molecule has 6 rings (SSSR count). The highest BCUT2D eigenvalue weighted by Gasteiger charge is 2.51. The standard InChI is InChI=1S/C23H26F3N7O4S/c24-23(25,26)20(34)28-8-12-10-33-19(37-11-12)16(9-29-33)38(27,36)32-21(35)31-17-13-2-1-3-15(13)30-18-14(17)4-5-22(18)6-7-22/h9,12H,1-8,10-11H2,(H,28,34)(H3,27,30,31,32,35,36). The number of nitrogens with zero attached hydrogens (tertiary/aromatic N) is 4. The molecule has 11 nitrogen and oxygen atoms in total. The van der Waals surface area contributed by atoms with Crippen LogP contribution in [0.4, 0.5) is 23.7 Å². The van der Waals surface area contributed by atoms with Crippen molar-refractivity contribution in [2.75, 3.05) is 18.5 Å². The number of aryl methyl sites for hydroxylation is 1. The fourth-order valence-corrected chi connectivity index (χ4v) is 6.67. The summed E-state index contributed by atoms with van der Waals surface area (Å²) < 4.78 is 61.3. The van der Waals surface area contributed by atoms with E-state index in [1.165, 1.54) is 10.9 Å². The third kappa shape index (κ3) is 4.30. The van der Waals surface area contributed by atoms with E-state index >= 15 is 0 Å². The van der Waals surface area contributed by atoms with Crippen LogP contribution < -0.4 is 20.5 Å². The molecule has 15 heteroatoms. The van der Waals surface area contributed by atoms with Crippen LogP contribution in [0.1, 0.15) is 48.2 Å². The van der Waals surface area contributed by atoms with Crippen molar-refractivity contribution in [1.29, 1.82) is 0 Å². The van der Waals surface area contributed by atoms with Crippen molar-refractivity contribution in [3.63, 3.8) is 0 Å². The molecule has 0 radical (unpaired) electrons. The van der Waals surface area contributed by atoms with Crippen molar-refractivity contribution in [2.24, 2.45) is 15.4 Å². The lowest BCUT2D eigenvalue weighted by atomic mass is 10.0. The summed E-state index contributed by atoms with van der Waals surface area (Å²) in [6.45, 7) is -0.276. The van der Waals surface area contributed by atoms with Crippen LogP contribution in [0.3, 0.4) is 0 Å². The zero-order chi connectivity index (χ0) is 26.9. The van der Waals surface area contributed by atoms with Crippen LogP contribution in [0.25, 0.3) is 0 Å². The number of rotatable bonds is 4. The third-order valence-electron chi connectivity index (χ3n) is 7.76. The predicted octanol–water partition coefficient (Wildman–Crippen LogP) is 2.36. The summed E-state index contributed by atoms with van der Waals surface area (Å²) in [7, 11) is -3.76. The Morgan fingerprint density at radius 3 is 2.76 bits per heavy atom. The minimum Gasteiger partial charge on any atom is -0.476 e. The van der Waals surface area contributed by atoms with Gasteiger partial charge in [0.05, 0.1) is 30.7 Å². The van der Waals surface area contributed by atoms with Gasteiger partial charge in [-0.05, 0) is 56.1 Å². The van der Waals surface area contributed by atoms with Gasteiger partial charge in [0, 0.05) is 23.6 Å². The van der Waals surface area contributed by atoms with Crippen LogP contribution in [0, 0.1) is 5.92 Å². The largest absolute Gasteiger partial charge is 0.476 e. The normalized spacial score (nSPS) is 22.1. The summed E-state index contributed by atoms with van der Waals surface area (Å²) in [6.07, 6.45) is 2.81. The predicted molar refractivity (Wildman–Crippen MR) is 128 cm³/mol. The van der Waals surface area contributed by atoms with Crippen LogP contribution in [-0.4, -0.2) is 50.2 Å². The average Bonchev–Trinajstić information content (AvgIpc) is 3.17. The van der Waals surface area contributed by atoms with E-state index in [0.29, 0.717) is 5.69 Å². The summed E-state index contributed by atoms with van der Waals surface area (Å²) in [5.74, 6) is -2.54. The number of ether oxygens (including phenoxy) is 1. The zero-order valence-electron chi connectivity index (χ0n) is 20.3. The highest BCUT2D eigenvalue weighted by Crippen LogP contribution is 2.58. The van der Waals surface area contributed by atoms with Crippen LogP contribution in [0.5, 0.6) is 5.88 Å². The number of nitrogens with two attached hydrogens (primary N) is 1. The first-order valence-electron chi connectivity index (χ1n) is 12.4. The van der Waals surface area contributed by atoms with Crippen molar-refractivity contribution in [1.82, 2.24) is 20.1 Å².